The minimum absolute atomic E-state index is 0. The van der Waals surface area contributed by atoms with Crippen LogP contribution in [0.2, 0.25) is 0 Å². The molecule has 1 unspecified atom stereocenters. The predicted octanol–water partition coefficient (Wildman–Crippen LogP) is -2.21. The molecule has 0 fully saturated rings. The summed E-state index contributed by atoms with van der Waals surface area (Å²) in [5.41, 5.74) is 0. The Balaban J connectivity index is 0. The van der Waals surface area contributed by atoms with Crippen molar-refractivity contribution in [2.75, 3.05) is 7.11 Å². The molecule has 1 atom stereocenters. The number of ether oxygens (including phenoxy) is 1. The summed E-state index contributed by atoms with van der Waals surface area (Å²) in [6.45, 7) is 0. The molecule has 0 aliphatic rings. The third-order valence-corrected chi connectivity index (χ3v) is 1.67. The van der Waals surface area contributed by atoms with Gasteiger partial charge in [-0.2, -0.15) is 0 Å². The van der Waals surface area contributed by atoms with Crippen molar-refractivity contribution in [2.45, 2.75) is 5.03 Å². The van der Waals surface area contributed by atoms with Crippen molar-refractivity contribution >= 4 is 11.1 Å². The summed E-state index contributed by atoms with van der Waals surface area (Å²) in [7, 11) is 1.45. The second-order valence-corrected chi connectivity index (χ2v) is 2.68. The van der Waals surface area contributed by atoms with Gasteiger partial charge in [0, 0.05) is 6.07 Å². The monoisotopic (exact) mass is 197 g/mol. The molecule has 0 saturated heterocycles. The topological polar surface area (TPSA) is 59.4 Å². The molecule has 4 nitrogen and oxygen atoms in total. The van der Waals surface area contributed by atoms with Gasteiger partial charge in [0.1, 0.15) is 0 Å². The molecule has 1 N–H and O–H groups in total. The van der Waals surface area contributed by atoms with E-state index in [-0.39, 0.29) is 36.0 Å². The Labute approximate surface area is 96.4 Å². The first-order valence-electron chi connectivity index (χ1n) is 2.86. The molecule has 1 aromatic heterocycles. The Morgan fingerprint density at radius 3 is 2.83 bits per heavy atom. The summed E-state index contributed by atoms with van der Waals surface area (Å²) >= 11 is -2.03. The number of rotatable bonds is 2. The molecule has 0 saturated carbocycles. The van der Waals surface area contributed by atoms with Crippen molar-refractivity contribution in [3.63, 3.8) is 0 Å². The quantitative estimate of drug-likeness (QED) is 0.431. The first kappa shape index (κ1) is 12.1. The SMILES string of the molecule is COc1cccc(S(=O)O)n1.[H-].[Na+]. The van der Waals surface area contributed by atoms with Gasteiger partial charge in [-0.1, -0.05) is 6.07 Å². The molecular weight excluding hydrogens is 189 g/mol. The number of hydrogen-bond acceptors (Lipinski definition) is 3. The van der Waals surface area contributed by atoms with Gasteiger partial charge in [-0.25, -0.2) is 9.19 Å². The zero-order valence-electron chi connectivity index (χ0n) is 7.85. The fourth-order valence-electron chi connectivity index (χ4n) is 0.607. The van der Waals surface area contributed by atoms with Gasteiger partial charge >= 0.3 is 29.6 Å². The van der Waals surface area contributed by atoms with E-state index in [2.05, 4.69) is 4.98 Å². The summed E-state index contributed by atoms with van der Waals surface area (Å²) < 4.78 is 23.8. The average molecular weight is 197 g/mol. The van der Waals surface area contributed by atoms with E-state index in [4.69, 9.17) is 9.29 Å². The molecule has 0 aliphatic carbocycles. The number of methoxy groups -OCH3 is 1. The van der Waals surface area contributed by atoms with Crippen LogP contribution in [0.15, 0.2) is 23.2 Å². The van der Waals surface area contributed by atoms with Gasteiger partial charge in [-0.15, -0.1) is 0 Å². The van der Waals surface area contributed by atoms with Gasteiger partial charge in [-0.05, 0) is 6.07 Å². The summed E-state index contributed by atoms with van der Waals surface area (Å²) in [6.07, 6.45) is 0. The zero-order valence-corrected chi connectivity index (χ0v) is 9.67. The van der Waals surface area contributed by atoms with Crippen LogP contribution in [-0.2, 0) is 11.1 Å². The van der Waals surface area contributed by atoms with Crippen LogP contribution < -0.4 is 34.3 Å². The van der Waals surface area contributed by atoms with Gasteiger partial charge < -0.3 is 10.7 Å². The Kier molecular flexibility index (Phi) is 5.69. The molecule has 0 amide bonds. The summed E-state index contributed by atoms with van der Waals surface area (Å²) in [4.78, 5) is 3.72. The molecule has 12 heavy (non-hydrogen) atoms. The minimum atomic E-state index is -2.03. The molecule has 1 aromatic rings. The van der Waals surface area contributed by atoms with E-state index in [9.17, 15) is 4.21 Å². The van der Waals surface area contributed by atoms with Crippen molar-refractivity contribution in [1.82, 2.24) is 4.98 Å². The molecule has 1 rings (SSSR count). The largest absolute Gasteiger partial charge is 1.00 e. The van der Waals surface area contributed by atoms with Crippen molar-refractivity contribution in [2.24, 2.45) is 0 Å². The Morgan fingerprint density at radius 2 is 2.33 bits per heavy atom. The van der Waals surface area contributed by atoms with Crippen LogP contribution in [0.4, 0.5) is 0 Å². The second kappa shape index (κ2) is 5.66. The van der Waals surface area contributed by atoms with Crippen LogP contribution in [0, 0.1) is 0 Å². The third kappa shape index (κ3) is 3.20. The van der Waals surface area contributed by atoms with E-state index < -0.39 is 11.1 Å². The van der Waals surface area contributed by atoms with Crippen molar-refractivity contribution in [1.29, 1.82) is 0 Å². The smallest absolute Gasteiger partial charge is 1.00 e. The van der Waals surface area contributed by atoms with E-state index >= 15 is 0 Å². The summed E-state index contributed by atoms with van der Waals surface area (Å²) in [5, 5.41) is 0.101. The Morgan fingerprint density at radius 1 is 1.67 bits per heavy atom. The minimum Gasteiger partial charge on any atom is -1.00 e. The molecule has 6 heteroatoms. The Bertz CT molecular complexity index is 286. The van der Waals surface area contributed by atoms with Gasteiger partial charge in [0.05, 0.1) is 7.11 Å². The summed E-state index contributed by atoms with van der Waals surface area (Å²) in [5.74, 6) is 0.338. The summed E-state index contributed by atoms with van der Waals surface area (Å²) in [6, 6.07) is 4.67. The maximum absolute atomic E-state index is 10.5. The van der Waals surface area contributed by atoms with Crippen LogP contribution in [0.3, 0.4) is 0 Å². The zero-order chi connectivity index (χ0) is 8.27. The molecule has 1 heterocycles. The third-order valence-electron chi connectivity index (χ3n) is 1.09. The van der Waals surface area contributed by atoms with Crippen LogP contribution in [0.5, 0.6) is 5.88 Å². The fourth-order valence-corrected chi connectivity index (χ4v) is 0.970. The van der Waals surface area contributed by atoms with Crippen LogP contribution in [0.25, 0.3) is 0 Å². The molecule has 0 aromatic carbocycles. The second-order valence-electron chi connectivity index (χ2n) is 1.77. The van der Waals surface area contributed by atoms with E-state index in [1.807, 2.05) is 0 Å². The predicted molar refractivity (Wildman–Crippen MR) is 40.9 cm³/mol. The standard InChI is InChI=1S/C6H7NO3S.Na.H/c1-10-5-3-2-4-6(7-5)11(8)9;;/h2-4H,1H3,(H,8,9);;/q;+1;-1. The van der Waals surface area contributed by atoms with Gasteiger partial charge in [0.15, 0.2) is 5.03 Å². The Hall–Kier alpha value is 0.0600. The van der Waals surface area contributed by atoms with Gasteiger partial charge in [0.25, 0.3) is 0 Å². The molecule has 0 radical (unpaired) electrons. The first-order valence-corrected chi connectivity index (χ1v) is 3.96. The van der Waals surface area contributed by atoms with Crippen LogP contribution in [0.1, 0.15) is 1.43 Å². The number of hydrogen-bond donors (Lipinski definition) is 1. The van der Waals surface area contributed by atoms with Gasteiger partial charge in [0.2, 0.25) is 17.0 Å². The molecule has 62 valence electrons. The number of aromatic nitrogens is 1. The number of nitrogens with zero attached hydrogens (tertiary/aromatic N) is 1. The normalized spacial score (nSPS) is 11.5. The maximum Gasteiger partial charge on any atom is 1.00 e. The first-order chi connectivity index (χ1) is 5.24. The average Bonchev–Trinajstić information content (AvgIpc) is 2.05. The molecule has 0 bridgehead atoms. The van der Waals surface area contributed by atoms with E-state index in [0.29, 0.717) is 5.88 Å². The van der Waals surface area contributed by atoms with E-state index in [1.165, 1.54) is 13.2 Å². The van der Waals surface area contributed by atoms with Crippen molar-refractivity contribution in [3.8, 4) is 5.88 Å². The molecule has 0 aliphatic heterocycles. The molecule has 0 spiro atoms. The van der Waals surface area contributed by atoms with Crippen LogP contribution >= 0.6 is 0 Å². The van der Waals surface area contributed by atoms with Crippen molar-refractivity contribution in [3.05, 3.63) is 18.2 Å². The maximum atomic E-state index is 10.5. The molecular formula is C6H8NNaO3S. The van der Waals surface area contributed by atoms with Crippen molar-refractivity contribution < 1.29 is 44.5 Å². The number of pyridine rings is 1. The fraction of sp³-hybridized carbons (Fsp3) is 0.167. The van der Waals surface area contributed by atoms with Gasteiger partial charge in [-0.3, -0.25) is 0 Å². The van der Waals surface area contributed by atoms with E-state index in [0.717, 1.165) is 0 Å². The van der Waals surface area contributed by atoms with Crippen LogP contribution in [-0.4, -0.2) is 20.9 Å². The van der Waals surface area contributed by atoms with E-state index in [1.54, 1.807) is 12.1 Å².